The lowest BCUT2D eigenvalue weighted by Gasteiger charge is -2.30. The first-order chi connectivity index (χ1) is 11.9. The van der Waals surface area contributed by atoms with Crippen LogP contribution in [0.3, 0.4) is 0 Å². The van der Waals surface area contributed by atoms with Crippen LogP contribution in [0.4, 0.5) is 5.69 Å². The van der Waals surface area contributed by atoms with Crippen molar-refractivity contribution in [1.29, 1.82) is 0 Å². The quantitative estimate of drug-likeness (QED) is 0.819. The number of esters is 1. The van der Waals surface area contributed by atoms with Gasteiger partial charge in [-0.3, -0.25) is 9.59 Å². The summed E-state index contributed by atoms with van der Waals surface area (Å²) < 4.78 is 32.0. The second-order valence-electron chi connectivity index (χ2n) is 6.45. The molecule has 1 aromatic rings. The molecule has 136 valence electrons. The molecule has 25 heavy (non-hydrogen) atoms. The van der Waals surface area contributed by atoms with E-state index < -0.39 is 15.9 Å². The number of nitrogens with one attached hydrogen (secondary N) is 1. The molecule has 1 unspecified atom stereocenters. The van der Waals surface area contributed by atoms with Gasteiger partial charge in [-0.15, -0.1) is 0 Å². The molecule has 2 aliphatic heterocycles. The van der Waals surface area contributed by atoms with Gasteiger partial charge in [0.15, 0.2) is 0 Å². The van der Waals surface area contributed by atoms with Gasteiger partial charge in [-0.05, 0) is 49.4 Å². The second kappa shape index (κ2) is 7.13. The Kier molecular flexibility index (Phi) is 5.10. The van der Waals surface area contributed by atoms with Crippen molar-refractivity contribution in [3.8, 4) is 0 Å². The standard InChI is InChI=1S/C17H22N2O5S/c1-24-17(21)13-5-3-9-19(11-13)25(22,23)14-7-8-15-12(10-14)4-2-6-16(20)18-15/h7-8,10,13H,2-6,9,11H2,1H3,(H,18,20). The van der Waals surface area contributed by atoms with E-state index in [9.17, 15) is 18.0 Å². The summed E-state index contributed by atoms with van der Waals surface area (Å²) in [5, 5.41) is 2.80. The summed E-state index contributed by atoms with van der Waals surface area (Å²) in [6, 6.07) is 4.80. The fourth-order valence-corrected chi connectivity index (χ4v) is 4.96. The molecule has 8 heteroatoms. The largest absolute Gasteiger partial charge is 0.469 e. The van der Waals surface area contributed by atoms with Gasteiger partial charge < -0.3 is 10.1 Å². The van der Waals surface area contributed by atoms with Crippen LogP contribution < -0.4 is 5.32 Å². The van der Waals surface area contributed by atoms with E-state index in [4.69, 9.17) is 4.74 Å². The van der Waals surface area contributed by atoms with Crippen molar-refractivity contribution in [2.75, 3.05) is 25.5 Å². The van der Waals surface area contributed by atoms with E-state index in [1.165, 1.54) is 17.5 Å². The molecular weight excluding hydrogens is 344 g/mol. The maximum absolute atomic E-state index is 13.0. The molecule has 1 atom stereocenters. The van der Waals surface area contributed by atoms with Gasteiger partial charge in [-0.25, -0.2) is 8.42 Å². The van der Waals surface area contributed by atoms with Crippen LogP contribution in [0.5, 0.6) is 0 Å². The van der Waals surface area contributed by atoms with Gasteiger partial charge in [-0.2, -0.15) is 4.31 Å². The maximum atomic E-state index is 13.0. The van der Waals surface area contributed by atoms with Crippen molar-refractivity contribution in [1.82, 2.24) is 4.31 Å². The molecule has 0 bridgehead atoms. The first-order valence-corrected chi connectivity index (χ1v) is 9.86. The lowest BCUT2D eigenvalue weighted by Crippen LogP contribution is -2.42. The maximum Gasteiger partial charge on any atom is 0.309 e. The number of aryl methyl sites for hydroxylation is 1. The third kappa shape index (κ3) is 3.69. The highest BCUT2D eigenvalue weighted by atomic mass is 32.2. The molecule has 0 spiro atoms. The number of amides is 1. The highest BCUT2D eigenvalue weighted by molar-refractivity contribution is 7.89. The summed E-state index contributed by atoms with van der Waals surface area (Å²) in [6.45, 7) is 0.534. The van der Waals surface area contributed by atoms with Gasteiger partial charge in [0.1, 0.15) is 0 Å². The number of benzene rings is 1. The number of nitrogens with zero attached hydrogens (tertiary/aromatic N) is 1. The van der Waals surface area contributed by atoms with E-state index in [1.807, 2.05) is 0 Å². The first-order valence-electron chi connectivity index (χ1n) is 8.42. The van der Waals surface area contributed by atoms with Crippen molar-refractivity contribution < 1.29 is 22.7 Å². The molecule has 1 N–H and O–H groups in total. The zero-order valence-electron chi connectivity index (χ0n) is 14.2. The minimum atomic E-state index is -3.68. The minimum Gasteiger partial charge on any atom is -0.469 e. The fraction of sp³-hybridized carbons (Fsp3) is 0.529. The Hall–Kier alpha value is -1.93. The lowest BCUT2D eigenvalue weighted by molar-refractivity contribution is -0.146. The van der Waals surface area contributed by atoms with Crippen LogP contribution in [0.25, 0.3) is 0 Å². The van der Waals surface area contributed by atoms with Gasteiger partial charge in [0.25, 0.3) is 0 Å². The monoisotopic (exact) mass is 366 g/mol. The molecule has 0 aliphatic carbocycles. The summed E-state index contributed by atoms with van der Waals surface area (Å²) in [5.74, 6) is -0.843. The van der Waals surface area contributed by atoms with Crippen LogP contribution in [0.1, 0.15) is 31.2 Å². The molecule has 3 rings (SSSR count). The summed E-state index contributed by atoms with van der Waals surface area (Å²) in [4.78, 5) is 23.6. The minimum absolute atomic E-state index is 0.0497. The Morgan fingerprint density at radius 1 is 1.28 bits per heavy atom. The van der Waals surface area contributed by atoms with Crippen molar-refractivity contribution >= 4 is 27.6 Å². The van der Waals surface area contributed by atoms with E-state index >= 15 is 0 Å². The summed E-state index contributed by atoms with van der Waals surface area (Å²) in [7, 11) is -2.37. The number of rotatable bonds is 3. The van der Waals surface area contributed by atoms with Gasteiger partial charge in [-0.1, -0.05) is 0 Å². The molecule has 7 nitrogen and oxygen atoms in total. The lowest BCUT2D eigenvalue weighted by atomic mass is 10.0. The van der Waals surface area contributed by atoms with Crippen molar-refractivity contribution in [2.24, 2.45) is 5.92 Å². The highest BCUT2D eigenvalue weighted by Gasteiger charge is 2.34. The van der Waals surface area contributed by atoms with Crippen LogP contribution in [-0.4, -0.2) is 44.8 Å². The Balaban J connectivity index is 1.86. The van der Waals surface area contributed by atoms with E-state index in [0.717, 1.165) is 5.56 Å². The molecule has 1 amide bonds. The number of anilines is 1. The number of hydrogen-bond acceptors (Lipinski definition) is 5. The van der Waals surface area contributed by atoms with Crippen molar-refractivity contribution in [3.63, 3.8) is 0 Å². The van der Waals surface area contributed by atoms with Crippen LogP contribution in [0, 0.1) is 5.92 Å². The van der Waals surface area contributed by atoms with E-state index in [-0.39, 0.29) is 23.3 Å². The summed E-state index contributed by atoms with van der Waals surface area (Å²) in [6.07, 6.45) is 3.04. The number of hydrogen-bond donors (Lipinski definition) is 1. The van der Waals surface area contributed by atoms with Crippen molar-refractivity contribution in [3.05, 3.63) is 23.8 Å². The number of sulfonamides is 1. The first kappa shape index (κ1) is 17.9. The SMILES string of the molecule is COC(=O)C1CCCN(S(=O)(=O)c2ccc3c(c2)CCCC(=O)N3)C1. The third-order valence-corrected chi connectivity index (χ3v) is 6.62. The van der Waals surface area contributed by atoms with Crippen LogP contribution in [0.2, 0.25) is 0 Å². The Bertz CT molecular complexity index is 790. The number of piperidine rings is 1. The van der Waals surface area contributed by atoms with Gasteiger partial charge in [0, 0.05) is 25.2 Å². The number of ether oxygens (including phenoxy) is 1. The molecule has 0 saturated carbocycles. The second-order valence-corrected chi connectivity index (χ2v) is 8.38. The highest BCUT2D eigenvalue weighted by Crippen LogP contribution is 2.29. The molecular formula is C17H22N2O5S. The predicted molar refractivity (Wildman–Crippen MR) is 91.5 cm³/mol. The Labute approximate surface area is 147 Å². The van der Waals surface area contributed by atoms with Gasteiger partial charge >= 0.3 is 5.97 Å². The zero-order valence-corrected chi connectivity index (χ0v) is 15.0. The van der Waals surface area contributed by atoms with E-state index in [2.05, 4.69) is 5.32 Å². The number of fused-ring (bicyclic) bond motifs is 1. The molecule has 2 heterocycles. The van der Waals surface area contributed by atoms with Crippen LogP contribution in [-0.2, 0) is 30.8 Å². The predicted octanol–water partition coefficient (Wildman–Crippen LogP) is 1.54. The smallest absolute Gasteiger partial charge is 0.309 e. The van der Waals surface area contributed by atoms with Gasteiger partial charge in [0.2, 0.25) is 15.9 Å². The average Bonchev–Trinajstić information content (AvgIpc) is 2.80. The Morgan fingerprint density at radius 2 is 2.08 bits per heavy atom. The number of methoxy groups -OCH3 is 1. The molecule has 0 aromatic heterocycles. The fourth-order valence-electron chi connectivity index (χ4n) is 3.38. The molecule has 2 aliphatic rings. The van der Waals surface area contributed by atoms with Crippen LogP contribution >= 0.6 is 0 Å². The van der Waals surface area contributed by atoms with E-state index in [0.29, 0.717) is 44.3 Å². The molecule has 1 saturated heterocycles. The van der Waals surface area contributed by atoms with Crippen molar-refractivity contribution in [2.45, 2.75) is 37.0 Å². The van der Waals surface area contributed by atoms with Crippen LogP contribution in [0.15, 0.2) is 23.1 Å². The van der Waals surface area contributed by atoms with E-state index in [1.54, 1.807) is 12.1 Å². The molecule has 1 aromatic carbocycles. The van der Waals surface area contributed by atoms with Gasteiger partial charge in [0.05, 0.1) is 17.9 Å². The summed E-state index contributed by atoms with van der Waals surface area (Å²) >= 11 is 0. The zero-order chi connectivity index (χ0) is 18.0. The summed E-state index contributed by atoms with van der Waals surface area (Å²) in [5.41, 5.74) is 1.50. The Morgan fingerprint density at radius 3 is 2.84 bits per heavy atom. The number of carbonyl (C=O) groups excluding carboxylic acids is 2. The number of carbonyl (C=O) groups is 2. The third-order valence-electron chi connectivity index (χ3n) is 4.76. The average molecular weight is 366 g/mol. The normalized spacial score (nSPS) is 21.8. The topological polar surface area (TPSA) is 92.8 Å². The molecule has 0 radical (unpaired) electrons. The molecule has 1 fully saturated rings.